The van der Waals surface area contributed by atoms with Gasteiger partial charge in [0.25, 0.3) is 0 Å². The SMILES string of the molecule is CCNCCN1CC2(CCN(CC(C)C)CC2)C1. The van der Waals surface area contributed by atoms with E-state index in [9.17, 15) is 0 Å². The maximum Gasteiger partial charge on any atom is 0.0107 e. The lowest BCUT2D eigenvalue weighted by Crippen LogP contribution is -2.61. The van der Waals surface area contributed by atoms with Crippen LogP contribution in [0.15, 0.2) is 0 Å². The number of hydrogen-bond donors (Lipinski definition) is 1. The van der Waals surface area contributed by atoms with Crippen molar-refractivity contribution in [3.05, 3.63) is 0 Å². The van der Waals surface area contributed by atoms with Gasteiger partial charge in [0.15, 0.2) is 0 Å². The molecule has 1 spiro atoms. The third kappa shape index (κ3) is 3.69. The van der Waals surface area contributed by atoms with Gasteiger partial charge in [-0.2, -0.15) is 0 Å². The van der Waals surface area contributed by atoms with E-state index in [1.807, 2.05) is 0 Å². The van der Waals surface area contributed by atoms with Gasteiger partial charge in [-0.1, -0.05) is 20.8 Å². The van der Waals surface area contributed by atoms with Crippen molar-refractivity contribution in [1.82, 2.24) is 15.1 Å². The van der Waals surface area contributed by atoms with Crippen LogP contribution in [0.25, 0.3) is 0 Å². The molecule has 2 saturated heterocycles. The molecule has 2 aliphatic heterocycles. The van der Waals surface area contributed by atoms with Crippen molar-refractivity contribution in [1.29, 1.82) is 0 Å². The maximum absolute atomic E-state index is 3.42. The normalized spacial score (nSPS) is 24.7. The van der Waals surface area contributed by atoms with Gasteiger partial charge in [0.1, 0.15) is 0 Å². The number of likely N-dealkylation sites (tertiary alicyclic amines) is 2. The summed E-state index contributed by atoms with van der Waals surface area (Å²) in [6.45, 7) is 17.0. The summed E-state index contributed by atoms with van der Waals surface area (Å²) < 4.78 is 0. The van der Waals surface area contributed by atoms with Gasteiger partial charge in [0.2, 0.25) is 0 Å². The first-order chi connectivity index (χ1) is 8.63. The van der Waals surface area contributed by atoms with Crippen LogP contribution in [0.3, 0.4) is 0 Å². The summed E-state index contributed by atoms with van der Waals surface area (Å²) in [4.78, 5) is 5.29. The van der Waals surface area contributed by atoms with Crippen LogP contribution < -0.4 is 5.32 Å². The van der Waals surface area contributed by atoms with E-state index < -0.39 is 0 Å². The molecular formula is C15H31N3. The van der Waals surface area contributed by atoms with Gasteiger partial charge in [-0.15, -0.1) is 0 Å². The van der Waals surface area contributed by atoms with Crippen molar-refractivity contribution >= 4 is 0 Å². The molecule has 0 aromatic rings. The number of rotatable bonds is 6. The Morgan fingerprint density at radius 2 is 1.78 bits per heavy atom. The zero-order valence-corrected chi connectivity index (χ0v) is 12.5. The minimum absolute atomic E-state index is 0.694. The topological polar surface area (TPSA) is 18.5 Å². The molecule has 1 N–H and O–H groups in total. The standard InChI is InChI=1S/C15H31N3/c1-4-16-7-10-18-12-15(13-18)5-8-17(9-6-15)11-14(2)3/h14,16H,4-13H2,1-3H3. The highest BCUT2D eigenvalue weighted by Gasteiger charge is 2.44. The van der Waals surface area contributed by atoms with Crippen LogP contribution in [0.1, 0.15) is 33.6 Å². The summed E-state index contributed by atoms with van der Waals surface area (Å²) in [5.74, 6) is 0.817. The second-order valence-corrected chi connectivity index (χ2v) is 6.76. The summed E-state index contributed by atoms with van der Waals surface area (Å²) in [6.07, 6.45) is 2.86. The number of nitrogens with zero attached hydrogens (tertiary/aromatic N) is 2. The highest BCUT2D eigenvalue weighted by molar-refractivity contribution is 4.98. The van der Waals surface area contributed by atoms with Gasteiger partial charge in [-0.3, -0.25) is 0 Å². The molecule has 106 valence electrons. The van der Waals surface area contributed by atoms with E-state index in [0.717, 1.165) is 19.0 Å². The molecular weight excluding hydrogens is 222 g/mol. The van der Waals surface area contributed by atoms with Crippen LogP contribution in [0.4, 0.5) is 0 Å². The molecule has 0 unspecified atom stereocenters. The van der Waals surface area contributed by atoms with E-state index in [1.165, 1.54) is 52.1 Å². The average molecular weight is 253 g/mol. The van der Waals surface area contributed by atoms with Crippen molar-refractivity contribution < 1.29 is 0 Å². The van der Waals surface area contributed by atoms with E-state index in [0.29, 0.717) is 5.41 Å². The Bertz CT molecular complexity index is 236. The Balaban J connectivity index is 1.62. The lowest BCUT2D eigenvalue weighted by Gasteiger charge is -2.54. The number of hydrogen-bond acceptors (Lipinski definition) is 3. The Hall–Kier alpha value is -0.120. The quantitative estimate of drug-likeness (QED) is 0.726. The van der Waals surface area contributed by atoms with E-state index in [1.54, 1.807) is 0 Å². The molecule has 2 fully saturated rings. The predicted molar refractivity (Wildman–Crippen MR) is 77.9 cm³/mol. The molecule has 3 nitrogen and oxygen atoms in total. The monoisotopic (exact) mass is 253 g/mol. The van der Waals surface area contributed by atoms with E-state index >= 15 is 0 Å². The first-order valence-corrected chi connectivity index (χ1v) is 7.79. The molecule has 0 bridgehead atoms. The summed E-state index contributed by atoms with van der Waals surface area (Å²) in [5.41, 5.74) is 0.694. The smallest absolute Gasteiger partial charge is 0.0107 e. The lowest BCUT2D eigenvalue weighted by molar-refractivity contribution is -0.0467. The summed E-state index contributed by atoms with van der Waals surface area (Å²) in [6, 6.07) is 0. The molecule has 2 heterocycles. The van der Waals surface area contributed by atoms with Gasteiger partial charge >= 0.3 is 0 Å². The zero-order valence-electron chi connectivity index (χ0n) is 12.5. The summed E-state index contributed by atoms with van der Waals surface area (Å²) in [5, 5.41) is 3.42. The molecule has 0 aliphatic carbocycles. The minimum Gasteiger partial charge on any atom is -0.316 e. The zero-order chi connectivity index (χ0) is 13.0. The first kappa shape index (κ1) is 14.3. The Labute approximate surface area is 113 Å². The maximum atomic E-state index is 3.42. The third-order valence-corrected chi connectivity index (χ3v) is 4.51. The molecule has 18 heavy (non-hydrogen) atoms. The van der Waals surface area contributed by atoms with Crippen LogP contribution in [0.5, 0.6) is 0 Å². The Morgan fingerprint density at radius 1 is 1.11 bits per heavy atom. The highest BCUT2D eigenvalue weighted by atomic mass is 15.2. The van der Waals surface area contributed by atoms with Crippen molar-refractivity contribution in [3.8, 4) is 0 Å². The molecule has 0 aromatic carbocycles. The van der Waals surface area contributed by atoms with Crippen molar-refractivity contribution in [2.24, 2.45) is 11.3 Å². The third-order valence-electron chi connectivity index (χ3n) is 4.51. The highest BCUT2D eigenvalue weighted by Crippen LogP contribution is 2.40. The van der Waals surface area contributed by atoms with E-state index in [-0.39, 0.29) is 0 Å². The van der Waals surface area contributed by atoms with Gasteiger partial charge in [0.05, 0.1) is 0 Å². The molecule has 0 aromatic heterocycles. The molecule has 2 aliphatic rings. The molecule has 0 radical (unpaired) electrons. The van der Waals surface area contributed by atoms with Crippen molar-refractivity contribution in [3.63, 3.8) is 0 Å². The van der Waals surface area contributed by atoms with Crippen LogP contribution in [0, 0.1) is 11.3 Å². The van der Waals surface area contributed by atoms with E-state index in [4.69, 9.17) is 0 Å². The lowest BCUT2D eigenvalue weighted by atomic mass is 9.72. The van der Waals surface area contributed by atoms with Crippen LogP contribution >= 0.6 is 0 Å². The summed E-state index contributed by atoms with van der Waals surface area (Å²) >= 11 is 0. The number of likely N-dealkylation sites (N-methyl/N-ethyl adjacent to an activating group) is 1. The molecule has 3 heteroatoms. The van der Waals surface area contributed by atoms with Gasteiger partial charge in [0, 0.05) is 32.7 Å². The van der Waals surface area contributed by atoms with Gasteiger partial charge < -0.3 is 15.1 Å². The molecule has 0 atom stereocenters. The van der Waals surface area contributed by atoms with Gasteiger partial charge in [-0.25, -0.2) is 0 Å². The average Bonchev–Trinajstić information content (AvgIpc) is 2.29. The molecule has 0 amide bonds. The fourth-order valence-electron chi connectivity index (χ4n) is 3.52. The molecule has 2 rings (SSSR count). The molecule has 0 saturated carbocycles. The van der Waals surface area contributed by atoms with Crippen LogP contribution in [-0.4, -0.2) is 62.2 Å². The minimum atomic E-state index is 0.694. The van der Waals surface area contributed by atoms with Crippen molar-refractivity contribution in [2.75, 3.05) is 52.4 Å². The Morgan fingerprint density at radius 3 is 2.33 bits per heavy atom. The van der Waals surface area contributed by atoms with Crippen LogP contribution in [0.2, 0.25) is 0 Å². The largest absolute Gasteiger partial charge is 0.316 e. The van der Waals surface area contributed by atoms with Gasteiger partial charge in [-0.05, 0) is 43.8 Å². The Kier molecular flexibility index (Phi) is 5.05. The van der Waals surface area contributed by atoms with Crippen LogP contribution in [-0.2, 0) is 0 Å². The predicted octanol–water partition coefficient (Wildman–Crippen LogP) is 1.65. The fourth-order valence-corrected chi connectivity index (χ4v) is 3.52. The van der Waals surface area contributed by atoms with E-state index in [2.05, 4.69) is 35.9 Å². The second kappa shape index (κ2) is 6.36. The van der Waals surface area contributed by atoms with Crippen molar-refractivity contribution in [2.45, 2.75) is 33.6 Å². The number of piperidine rings is 1. The second-order valence-electron chi connectivity index (χ2n) is 6.76. The first-order valence-electron chi connectivity index (χ1n) is 7.79. The fraction of sp³-hybridized carbons (Fsp3) is 1.00. The number of nitrogens with one attached hydrogen (secondary N) is 1. The summed E-state index contributed by atoms with van der Waals surface area (Å²) in [7, 11) is 0.